The van der Waals surface area contributed by atoms with Crippen LogP contribution in [0.1, 0.15) is 85.6 Å². The highest BCUT2D eigenvalue weighted by Crippen LogP contribution is 2.54. The summed E-state index contributed by atoms with van der Waals surface area (Å²) in [6.45, 7) is 11.6. The van der Waals surface area contributed by atoms with Gasteiger partial charge in [0.05, 0.1) is 22.7 Å². The van der Waals surface area contributed by atoms with E-state index in [1.807, 2.05) is 53.7 Å². The summed E-state index contributed by atoms with van der Waals surface area (Å²) in [6, 6.07) is 82.8. The van der Waals surface area contributed by atoms with Gasteiger partial charge in [-0.25, -0.2) is 0 Å². The zero-order valence-corrected chi connectivity index (χ0v) is 44.8. The molecule has 14 rings (SSSR count). The second-order valence-corrected chi connectivity index (χ2v) is 21.8. The predicted octanol–water partition coefficient (Wildman–Crippen LogP) is 21.3. The average molecular weight is 1000 g/mol. The number of benzene rings is 11. The van der Waals surface area contributed by atoms with Crippen LogP contribution in [0.25, 0.3) is 139 Å². The van der Waals surface area contributed by atoms with Gasteiger partial charge >= 0.3 is 0 Å². The average Bonchev–Trinajstić information content (AvgIpc) is 3.99. The number of aromatic nitrogens is 1. The monoisotopic (exact) mass is 1000 g/mol. The van der Waals surface area contributed by atoms with Crippen molar-refractivity contribution in [3.63, 3.8) is 0 Å². The minimum atomic E-state index is -1.22. The third-order valence-corrected chi connectivity index (χ3v) is 16.5. The minimum absolute atomic E-state index is 0.584. The quantitative estimate of drug-likeness (QED) is 0.163. The maximum absolute atomic E-state index is 10.4. The van der Waals surface area contributed by atoms with E-state index in [0.29, 0.717) is 5.56 Å². The Morgan fingerprint density at radius 2 is 0.667 bits per heavy atom. The molecule has 0 amide bonds. The summed E-state index contributed by atoms with van der Waals surface area (Å²) >= 11 is 0. The molecule has 0 aliphatic heterocycles. The number of nitrogens with zero attached hydrogens (tertiary/aromatic N) is 2. The normalized spacial score (nSPS) is 13.0. The Morgan fingerprint density at radius 1 is 0.333 bits per heavy atom. The Bertz CT molecular complexity index is 4610. The highest BCUT2D eigenvalue weighted by molar-refractivity contribution is 6.11. The first-order valence-electron chi connectivity index (χ1n) is 28.6. The standard InChI is InChI=1S/C76H58N2/c1-45(2)66-43-67(46(3)4)76(50-32-36-60-56-23-8-7-19-52(56)53-20-9-12-24-57(53)68-39-48(44-77)31-35-63(68)70(60)41-50)74(47(5)6)75(66)49-33-37-61-62-38-34-51(78-72-29-17-15-27-64(72)65-28-16-18-30-73(65)78)42-71(62)59-26-14-11-22-55(59)54-21-10-13-25-58(54)69(61)40-49/h7-43,45-47H,1-6H3/i45D,46D,47D. The molecule has 1 aromatic heterocycles. The number of rotatable bonds is 6. The molecule has 2 heteroatoms. The molecule has 2 aliphatic rings. The van der Waals surface area contributed by atoms with E-state index in [1.54, 1.807) is 0 Å². The minimum Gasteiger partial charge on any atom is -0.309 e. The van der Waals surface area contributed by atoms with Gasteiger partial charge in [0.2, 0.25) is 0 Å². The Balaban J connectivity index is 1.05. The molecule has 0 unspecified atom stereocenters. The topological polar surface area (TPSA) is 28.7 Å². The highest BCUT2D eigenvalue weighted by atomic mass is 15.0. The molecule has 0 spiro atoms. The van der Waals surface area contributed by atoms with Gasteiger partial charge in [-0.1, -0.05) is 217 Å². The summed E-state index contributed by atoms with van der Waals surface area (Å²) in [5.74, 6) is -3.49. The van der Waals surface area contributed by atoms with Crippen LogP contribution in [-0.4, -0.2) is 4.57 Å². The highest BCUT2D eigenvalue weighted by Gasteiger charge is 2.30. The zero-order chi connectivity index (χ0) is 55.7. The lowest BCUT2D eigenvalue weighted by Gasteiger charge is -2.30. The molecule has 2 nitrogen and oxygen atoms in total. The number of hydrogen-bond acceptors (Lipinski definition) is 1. The van der Waals surface area contributed by atoms with Crippen LogP contribution in [0.15, 0.2) is 224 Å². The van der Waals surface area contributed by atoms with E-state index in [4.69, 9.17) is 0 Å². The first-order chi connectivity index (χ1) is 39.1. The van der Waals surface area contributed by atoms with Crippen LogP contribution in [0.4, 0.5) is 0 Å². The molecule has 0 saturated heterocycles. The van der Waals surface area contributed by atoms with Crippen LogP contribution in [0.3, 0.4) is 0 Å². The fourth-order valence-electron chi connectivity index (χ4n) is 13.1. The molecule has 0 saturated carbocycles. The van der Waals surface area contributed by atoms with Crippen LogP contribution in [0.5, 0.6) is 0 Å². The Kier molecular flexibility index (Phi) is 10.4. The lowest BCUT2D eigenvalue weighted by atomic mass is 9.74. The largest absolute Gasteiger partial charge is 0.309 e. The molecule has 12 aromatic rings. The Labute approximate surface area is 462 Å². The van der Waals surface area contributed by atoms with Gasteiger partial charge in [-0.3, -0.25) is 0 Å². The van der Waals surface area contributed by atoms with Crippen molar-refractivity contribution in [2.75, 3.05) is 0 Å². The lowest BCUT2D eigenvalue weighted by Crippen LogP contribution is -2.08. The summed E-state index contributed by atoms with van der Waals surface area (Å²) in [4.78, 5) is 0. The van der Waals surface area contributed by atoms with E-state index in [1.165, 1.54) is 10.8 Å². The second-order valence-electron chi connectivity index (χ2n) is 21.8. The number of nitriles is 1. The van der Waals surface area contributed by atoms with E-state index in [9.17, 15) is 9.37 Å². The number of fused-ring (bicyclic) bond motifs is 19. The van der Waals surface area contributed by atoms with Crippen molar-refractivity contribution in [1.29, 1.82) is 5.26 Å². The van der Waals surface area contributed by atoms with Gasteiger partial charge in [0.1, 0.15) is 0 Å². The van der Waals surface area contributed by atoms with Crippen molar-refractivity contribution in [3.05, 3.63) is 247 Å². The van der Waals surface area contributed by atoms with E-state index in [0.717, 1.165) is 145 Å². The van der Waals surface area contributed by atoms with Gasteiger partial charge in [0, 0.05) is 20.6 Å². The Hall–Kier alpha value is -9.29. The lowest BCUT2D eigenvalue weighted by molar-refractivity contribution is 0.811. The van der Waals surface area contributed by atoms with Crippen molar-refractivity contribution in [3.8, 4) is 123 Å². The smallest absolute Gasteiger partial charge is 0.0991 e. The fraction of sp³-hybridized carbons (Fsp3) is 0.118. The van der Waals surface area contributed by atoms with Crippen LogP contribution in [0.2, 0.25) is 0 Å². The molecular weight excluding hydrogens is 941 g/mol. The molecule has 0 fully saturated rings. The zero-order valence-electron chi connectivity index (χ0n) is 47.8. The van der Waals surface area contributed by atoms with E-state index in [2.05, 4.69) is 223 Å². The van der Waals surface area contributed by atoms with Gasteiger partial charge < -0.3 is 4.57 Å². The third kappa shape index (κ3) is 7.29. The molecule has 372 valence electrons. The molecule has 11 aromatic carbocycles. The molecule has 1 heterocycles. The van der Waals surface area contributed by atoms with E-state index < -0.39 is 17.7 Å². The summed E-state index contributed by atoms with van der Waals surface area (Å²) in [6.07, 6.45) is 0. The molecule has 0 bridgehead atoms. The number of para-hydroxylation sites is 2. The maximum atomic E-state index is 10.4. The van der Waals surface area contributed by atoms with Gasteiger partial charge in [-0.15, -0.1) is 0 Å². The fourth-order valence-corrected chi connectivity index (χ4v) is 13.1. The maximum Gasteiger partial charge on any atom is 0.0991 e. The van der Waals surface area contributed by atoms with Crippen LogP contribution in [-0.2, 0) is 0 Å². The van der Waals surface area contributed by atoms with E-state index >= 15 is 0 Å². The van der Waals surface area contributed by atoms with Crippen LogP contribution >= 0.6 is 0 Å². The van der Waals surface area contributed by atoms with Crippen molar-refractivity contribution in [2.45, 2.75) is 59.2 Å². The third-order valence-electron chi connectivity index (χ3n) is 16.5. The van der Waals surface area contributed by atoms with Crippen molar-refractivity contribution in [1.82, 2.24) is 4.57 Å². The summed E-state index contributed by atoms with van der Waals surface area (Å²) in [7, 11) is 0. The van der Waals surface area contributed by atoms with Gasteiger partial charge in [0.15, 0.2) is 0 Å². The van der Waals surface area contributed by atoms with Gasteiger partial charge in [0.25, 0.3) is 0 Å². The molecule has 0 radical (unpaired) electrons. The Morgan fingerprint density at radius 3 is 1.08 bits per heavy atom. The number of hydrogen-bond donors (Lipinski definition) is 0. The van der Waals surface area contributed by atoms with Crippen molar-refractivity contribution < 1.29 is 4.11 Å². The summed E-state index contributed by atoms with van der Waals surface area (Å²) in [5.41, 5.74) is 27.1. The van der Waals surface area contributed by atoms with Gasteiger partial charge in [-0.05, 0) is 194 Å². The molecule has 78 heavy (non-hydrogen) atoms. The first-order valence-corrected chi connectivity index (χ1v) is 27.1. The first kappa shape index (κ1) is 43.9. The van der Waals surface area contributed by atoms with Crippen molar-refractivity contribution in [2.24, 2.45) is 0 Å². The second kappa shape index (κ2) is 18.5. The SMILES string of the molecule is [2H]C(C)(C)c1cc(C([2H])(C)C)c(-c2ccc3c(c2)-c2ccc(C#N)cc2-c2ccccc2-c2ccccc2-3)c(C([2H])(C)C)c1-c1ccc2c(c1)-c1ccccc1-c1ccccc1-c1cc(-n3c4ccccc4c4ccccc43)ccc1-2. The summed E-state index contributed by atoms with van der Waals surface area (Å²) < 4.78 is 32.8. The molecule has 2 aliphatic carbocycles. The van der Waals surface area contributed by atoms with Gasteiger partial charge in [-0.2, -0.15) is 5.26 Å². The summed E-state index contributed by atoms with van der Waals surface area (Å²) in [5, 5.41) is 12.7. The van der Waals surface area contributed by atoms with Crippen molar-refractivity contribution >= 4 is 21.8 Å². The van der Waals surface area contributed by atoms with Crippen LogP contribution < -0.4 is 0 Å². The molecule has 0 N–H and O–H groups in total. The molecular formula is C76H58N2. The van der Waals surface area contributed by atoms with E-state index in [-0.39, 0.29) is 0 Å². The molecule has 0 atom stereocenters. The van der Waals surface area contributed by atoms with Crippen LogP contribution in [0, 0.1) is 11.3 Å². The predicted molar refractivity (Wildman–Crippen MR) is 329 cm³/mol.